The zero-order valence-electron chi connectivity index (χ0n) is 10.3. The van der Waals surface area contributed by atoms with E-state index in [1.165, 1.54) is 12.1 Å². The van der Waals surface area contributed by atoms with Crippen LogP contribution in [0.3, 0.4) is 0 Å². The summed E-state index contributed by atoms with van der Waals surface area (Å²) in [6.45, 7) is 0. The van der Waals surface area contributed by atoms with E-state index in [-0.39, 0.29) is 22.1 Å². The van der Waals surface area contributed by atoms with E-state index in [4.69, 9.17) is 17.3 Å². The number of nitrogen functional groups attached to an aromatic ring is 1. The lowest BCUT2D eigenvalue weighted by molar-refractivity contribution is -0.385. The van der Waals surface area contributed by atoms with Gasteiger partial charge in [-0.2, -0.15) is 0 Å². The molecule has 0 spiro atoms. The van der Waals surface area contributed by atoms with Gasteiger partial charge in [-0.25, -0.2) is 9.37 Å². The molecule has 0 unspecified atom stereocenters. The third kappa shape index (κ3) is 3.23. The molecular weight excluding hydrogens is 303 g/mol. The van der Waals surface area contributed by atoms with E-state index >= 15 is 0 Å². The van der Waals surface area contributed by atoms with Crippen LogP contribution in [0.4, 0.5) is 21.6 Å². The summed E-state index contributed by atoms with van der Waals surface area (Å²) in [6.07, 6.45) is 0.926. The van der Waals surface area contributed by atoms with Gasteiger partial charge in [-0.1, -0.05) is 11.6 Å². The first kappa shape index (κ1) is 14.7. The topological polar surface area (TPSA) is 111 Å². The summed E-state index contributed by atoms with van der Waals surface area (Å²) in [6, 6.07) is 4.63. The van der Waals surface area contributed by atoms with Gasteiger partial charge in [0.05, 0.1) is 16.2 Å². The molecule has 21 heavy (non-hydrogen) atoms. The maximum absolute atomic E-state index is 13.6. The van der Waals surface area contributed by atoms with Crippen LogP contribution in [-0.4, -0.2) is 15.8 Å². The third-order valence-electron chi connectivity index (χ3n) is 2.54. The lowest BCUT2D eigenvalue weighted by atomic mass is 10.2. The predicted molar refractivity (Wildman–Crippen MR) is 74.7 cm³/mol. The Kier molecular flexibility index (Phi) is 3.99. The summed E-state index contributed by atoms with van der Waals surface area (Å²) < 4.78 is 13.6. The summed E-state index contributed by atoms with van der Waals surface area (Å²) in [4.78, 5) is 25.5. The molecule has 0 saturated heterocycles. The van der Waals surface area contributed by atoms with Gasteiger partial charge in [0.2, 0.25) is 0 Å². The van der Waals surface area contributed by atoms with Gasteiger partial charge < -0.3 is 11.1 Å². The quantitative estimate of drug-likeness (QED) is 0.668. The van der Waals surface area contributed by atoms with Crippen molar-refractivity contribution >= 4 is 34.7 Å². The van der Waals surface area contributed by atoms with Gasteiger partial charge in [-0.3, -0.25) is 14.9 Å². The summed E-state index contributed by atoms with van der Waals surface area (Å²) in [5, 5.41) is 13.1. The van der Waals surface area contributed by atoms with Crippen molar-refractivity contribution in [1.29, 1.82) is 0 Å². The van der Waals surface area contributed by atoms with Crippen LogP contribution >= 0.6 is 11.6 Å². The number of rotatable bonds is 3. The number of anilines is 2. The number of hydrogen-bond donors (Lipinski definition) is 2. The molecule has 0 bridgehead atoms. The van der Waals surface area contributed by atoms with Crippen molar-refractivity contribution in [1.82, 2.24) is 4.98 Å². The Morgan fingerprint density at radius 2 is 2.14 bits per heavy atom. The number of hydrogen-bond acceptors (Lipinski definition) is 5. The van der Waals surface area contributed by atoms with Crippen LogP contribution < -0.4 is 11.1 Å². The highest BCUT2D eigenvalue weighted by Gasteiger charge is 2.17. The predicted octanol–water partition coefficient (Wildman–Crippen LogP) is 2.62. The Labute approximate surface area is 122 Å². The maximum atomic E-state index is 13.6. The number of nitrogens with two attached hydrogens (primary N) is 1. The molecule has 1 heterocycles. The summed E-state index contributed by atoms with van der Waals surface area (Å²) in [5.41, 5.74) is 4.75. The molecule has 108 valence electrons. The van der Waals surface area contributed by atoms with Crippen molar-refractivity contribution in [2.75, 3.05) is 11.1 Å². The number of halogens is 2. The van der Waals surface area contributed by atoms with Crippen molar-refractivity contribution in [2.45, 2.75) is 0 Å². The van der Waals surface area contributed by atoms with Gasteiger partial charge in [-0.05, 0) is 18.2 Å². The monoisotopic (exact) mass is 310 g/mol. The molecule has 0 saturated carbocycles. The second-order valence-corrected chi connectivity index (χ2v) is 4.40. The molecule has 0 radical (unpaired) electrons. The highest BCUT2D eigenvalue weighted by molar-refractivity contribution is 6.30. The molecule has 1 aromatic heterocycles. The Hall–Kier alpha value is -2.74. The molecular formula is C12H8ClFN4O3. The van der Waals surface area contributed by atoms with Crippen LogP contribution in [0.2, 0.25) is 5.02 Å². The molecule has 0 aliphatic heterocycles. The minimum Gasteiger partial charge on any atom is -0.383 e. The number of nitrogens with zero attached hydrogens (tertiary/aromatic N) is 2. The van der Waals surface area contributed by atoms with E-state index in [0.29, 0.717) is 0 Å². The van der Waals surface area contributed by atoms with E-state index in [2.05, 4.69) is 10.3 Å². The van der Waals surface area contributed by atoms with Crippen molar-refractivity contribution in [2.24, 2.45) is 0 Å². The van der Waals surface area contributed by atoms with E-state index in [9.17, 15) is 19.3 Å². The van der Waals surface area contributed by atoms with Crippen molar-refractivity contribution in [3.05, 3.63) is 57.0 Å². The van der Waals surface area contributed by atoms with E-state index < -0.39 is 22.3 Å². The number of pyridine rings is 1. The van der Waals surface area contributed by atoms with Crippen LogP contribution in [0.15, 0.2) is 30.5 Å². The second-order valence-electron chi connectivity index (χ2n) is 3.96. The van der Waals surface area contributed by atoms with Gasteiger partial charge in [0, 0.05) is 11.1 Å². The first-order valence-corrected chi connectivity index (χ1v) is 5.92. The smallest absolute Gasteiger partial charge is 0.288 e. The number of carbonyl (C=O) groups is 1. The Morgan fingerprint density at radius 1 is 1.43 bits per heavy atom. The van der Waals surface area contributed by atoms with Gasteiger partial charge >= 0.3 is 0 Å². The number of benzene rings is 1. The van der Waals surface area contributed by atoms with E-state index in [1.807, 2.05) is 0 Å². The summed E-state index contributed by atoms with van der Waals surface area (Å²) in [5.74, 6) is -1.76. The van der Waals surface area contributed by atoms with E-state index in [1.54, 1.807) is 0 Å². The fraction of sp³-hybridized carbons (Fsp3) is 0. The fourth-order valence-electron chi connectivity index (χ4n) is 1.53. The lowest BCUT2D eigenvalue weighted by Crippen LogP contribution is -2.16. The largest absolute Gasteiger partial charge is 0.383 e. The molecule has 1 aromatic carbocycles. The van der Waals surface area contributed by atoms with Gasteiger partial charge in [0.15, 0.2) is 0 Å². The highest BCUT2D eigenvalue weighted by atomic mass is 35.5. The van der Waals surface area contributed by atoms with E-state index in [0.717, 1.165) is 18.3 Å². The Morgan fingerprint density at radius 3 is 2.76 bits per heavy atom. The first-order valence-electron chi connectivity index (χ1n) is 5.55. The molecule has 0 aliphatic rings. The summed E-state index contributed by atoms with van der Waals surface area (Å²) >= 11 is 5.59. The average molecular weight is 311 g/mol. The molecule has 0 atom stereocenters. The SMILES string of the molecule is Nc1ncc([N+](=O)[O-])cc1C(=O)Nc1ccc(Cl)cc1F. The first-order chi connectivity index (χ1) is 9.88. The van der Waals surface area contributed by atoms with Gasteiger partial charge in [0.25, 0.3) is 11.6 Å². The molecule has 1 amide bonds. The fourth-order valence-corrected chi connectivity index (χ4v) is 1.69. The molecule has 2 aromatic rings. The van der Waals surface area contributed by atoms with Crippen molar-refractivity contribution in [3.63, 3.8) is 0 Å². The number of nitrogens with one attached hydrogen (secondary N) is 1. The molecule has 2 rings (SSSR count). The van der Waals surface area contributed by atoms with Gasteiger partial charge in [-0.15, -0.1) is 0 Å². The standard InChI is InChI=1S/C12H8ClFN4O3/c13-6-1-2-10(9(14)3-6)17-12(19)8-4-7(18(20)21)5-16-11(8)15/h1-5H,(H2,15,16)(H,17,19). The zero-order chi connectivity index (χ0) is 15.6. The number of carbonyl (C=O) groups excluding carboxylic acids is 1. The average Bonchev–Trinajstić information content (AvgIpc) is 2.42. The lowest BCUT2D eigenvalue weighted by Gasteiger charge is -2.08. The Balaban J connectivity index is 2.32. The number of amides is 1. The van der Waals surface area contributed by atoms with Crippen molar-refractivity contribution < 1.29 is 14.1 Å². The number of nitro groups is 1. The van der Waals surface area contributed by atoms with Crippen LogP contribution in [0.1, 0.15) is 10.4 Å². The molecule has 0 aliphatic carbocycles. The third-order valence-corrected chi connectivity index (χ3v) is 2.77. The zero-order valence-corrected chi connectivity index (χ0v) is 11.1. The van der Waals surface area contributed by atoms with Crippen LogP contribution in [0.25, 0.3) is 0 Å². The second kappa shape index (κ2) is 5.71. The number of aromatic nitrogens is 1. The molecule has 9 heteroatoms. The molecule has 7 nitrogen and oxygen atoms in total. The Bertz CT molecular complexity index is 738. The van der Waals surface area contributed by atoms with Crippen LogP contribution in [-0.2, 0) is 0 Å². The normalized spacial score (nSPS) is 10.2. The minimum absolute atomic E-state index is 0.129. The van der Waals surface area contributed by atoms with Gasteiger partial charge in [0.1, 0.15) is 17.8 Å². The molecule has 0 fully saturated rings. The highest BCUT2D eigenvalue weighted by Crippen LogP contribution is 2.22. The van der Waals surface area contributed by atoms with Crippen LogP contribution in [0.5, 0.6) is 0 Å². The maximum Gasteiger partial charge on any atom is 0.288 e. The molecule has 3 N–H and O–H groups in total. The van der Waals surface area contributed by atoms with Crippen LogP contribution in [0, 0.1) is 15.9 Å². The minimum atomic E-state index is -0.815. The summed E-state index contributed by atoms with van der Waals surface area (Å²) in [7, 11) is 0. The van der Waals surface area contributed by atoms with Crippen molar-refractivity contribution in [3.8, 4) is 0 Å².